The molecule has 4 nitrogen and oxygen atoms in total. The molecule has 0 aliphatic carbocycles. The summed E-state index contributed by atoms with van der Waals surface area (Å²) < 4.78 is 9.89. The number of carbonyl (C=O) groups is 1. The normalized spacial score (nSPS) is 10.3. The highest BCUT2D eigenvalue weighted by Crippen LogP contribution is 2.20. The summed E-state index contributed by atoms with van der Waals surface area (Å²) in [5, 5.41) is 3.72. The van der Waals surface area contributed by atoms with Gasteiger partial charge in [-0.3, -0.25) is 0 Å². The first-order valence-corrected chi connectivity index (χ1v) is 6.06. The fourth-order valence-electron chi connectivity index (χ4n) is 1.13. The second kappa shape index (κ2) is 5.80. The van der Waals surface area contributed by atoms with E-state index in [1.54, 1.807) is 25.6 Å². The molecule has 0 N–H and O–H groups in total. The van der Waals surface area contributed by atoms with Crippen molar-refractivity contribution < 1.29 is 14.1 Å². The van der Waals surface area contributed by atoms with Crippen molar-refractivity contribution in [1.29, 1.82) is 0 Å². The van der Waals surface area contributed by atoms with Gasteiger partial charge in [-0.25, -0.2) is 4.79 Å². The number of aromatic nitrogens is 1. The molecule has 0 fully saturated rings. The minimum absolute atomic E-state index is 0.315. The number of thioether (sulfide) groups is 1. The largest absolute Gasteiger partial charge is 0.461 e. The molecule has 1 rings (SSSR count). The van der Waals surface area contributed by atoms with E-state index in [4.69, 9.17) is 9.26 Å². The Labute approximate surface area is 93.3 Å². The first kappa shape index (κ1) is 12.1. The molecule has 0 aliphatic heterocycles. The molecule has 1 aromatic rings. The van der Waals surface area contributed by atoms with Crippen LogP contribution < -0.4 is 0 Å². The molecule has 0 unspecified atom stereocenters. The average Bonchev–Trinajstić information content (AvgIpc) is 2.57. The number of nitrogens with zero attached hydrogens (tertiary/aromatic N) is 1. The van der Waals surface area contributed by atoms with Crippen molar-refractivity contribution in [1.82, 2.24) is 5.16 Å². The van der Waals surface area contributed by atoms with Gasteiger partial charge < -0.3 is 9.26 Å². The van der Waals surface area contributed by atoms with Gasteiger partial charge in [-0.1, -0.05) is 12.1 Å². The van der Waals surface area contributed by atoms with Gasteiger partial charge in [0.05, 0.1) is 6.61 Å². The van der Waals surface area contributed by atoms with Gasteiger partial charge in [0.2, 0.25) is 0 Å². The molecule has 84 valence electrons. The van der Waals surface area contributed by atoms with E-state index in [9.17, 15) is 4.79 Å². The van der Waals surface area contributed by atoms with Crippen LogP contribution >= 0.6 is 11.8 Å². The second-order valence-electron chi connectivity index (χ2n) is 2.92. The van der Waals surface area contributed by atoms with Gasteiger partial charge in [-0.15, -0.1) is 0 Å². The molecule has 0 atom stereocenters. The van der Waals surface area contributed by atoms with E-state index in [-0.39, 0.29) is 0 Å². The summed E-state index contributed by atoms with van der Waals surface area (Å²) in [6, 6.07) is 0. The molecule has 0 aromatic carbocycles. The topological polar surface area (TPSA) is 52.3 Å². The minimum atomic E-state index is -0.402. The van der Waals surface area contributed by atoms with E-state index in [2.05, 4.69) is 12.1 Å². The summed E-state index contributed by atoms with van der Waals surface area (Å²) >= 11 is 1.72. The summed E-state index contributed by atoms with van der Waals surface area (Å²) in [4.78, 5) is 11.5. The van der Waals surface area contributed by atoms with Crippen molar-refractivity contribution in [2.75, 3.05) is 12.4 Å². The van der Waals surface area contributed by atoms with Gasteiger partial charge >= 0.3 is 5.97 Å². The SMILES string of the molecule is CCOC(=O)c1noc(C)c1CSCC. The number of aryl methyl sites for hydroxylation is 1. The van der Waals surface area contributed by atoms with Crippen molar-refractivity contribution in [2.45, 2.75) is 26.5 Å². The third-order valence-corrected chi connectivity index (χ3v) is 2.81. The molecule has 5 heteroatoms. The predicted octanol–water partition coefficient (Wildman–Crippen LogP) is 2.41. The monoisotopic (exact) mass is 229 g/mol. The quantitative estimate of drug-likeness (QED) is 0.726. The Hall–Kier alpha value is -0.970. The molecule has 0 bridgehead atoms. The van der Waals surface area contributed by atoms with Crippen molar-refractivity contribution in [2.24, 2.45) is 0 Å². The molecule has 0 amide bonds. The molecular formula is C10H15NO3S. The zero-order chi connectivity index (χ0) is 11.3. The van der Waals surface area contributed by atoms with Crippen LogP contribution in [-0.2, 0) is 10.5 Å². The third-order valence-electron chi connectivity index (χ3n) is 1.90. The van der Waals surface area contributed by atoms with E-state index in [0.717, 1.165) is 17.1 Å². The molecule has 0 spiro atoms. The van der Waals surface area contributed by atoms with Crippen LogP contribution in [0.25, 0.3) is 0 Å². The summed E-state index contributed by atoms with van der Waals surface area (Å²) in [7, 11) is 0. The highest BCUT2D eigenvalue weighted by Gasteiger charge is 2.20. The first-order valence-electron chi connectivity index (χ1n) is 4.90. The van der Waals surface area contributed by atoms with E-state index in [1.165, 1.54) is 0 Å². The van der Waals surface area contributed by atoms with Gasteiger partial charge in [0.1, 0.15) is 5.76 Å². The average molecular weight is 229 g/mol. The van der Waals surface area contributed by atoms with Crippen LogP contribution in [0.1, 0.15) is 35.7 Å². The van der Waals surface area contributed by atoms with Gasteiger partial charge in [-0.2, -0.15) is 11.8 Å². The van der Waals surface area contributed by atoms with E-state index >= 15 is 0 Å². The highest BCUT2D eigenvalue weighted by atomic mass is 32.2. The molecule has 0 saturated carbocycles. The summed E-state index contributed by atoms with van der Waals surface area (Å²) in [6.07, 6.45) is 0. The van der Waals surface area contributed by atoms with Crippen LogP contribution in [0, 0.1) is 6.92 Å². The van der Waals surface area contributed by atoms with Crippen molar-refractivity contribution in [3.8, 4) is 0 Å². The maximum Gasteiger partial charge on any atom is 0.360 e. The fourth-order valence-corrected chi connectivity index (χ4v) is 1.87. The maximum absolute atomic E-state index is 11.5. The second-order valence-corrected chi connectivity index (χ2v) is 4.20. The van der Waals surface area contributed by atoms with Crippen LogP contribution in [0.2, 0.25) is 0 Å². The number of esters is 1. The van der Waals surface area contributed by atoms with Gasteiger partial charge in [0, 0.05) is 11.3 Å². The molecule has 1 heterocycles. The number of hydrogen-bond donors (Lipinski definition) is 0. The Morgan fingerprint density at radius 2 is 2.27 bits per heavy atom. The van der Waals surface area contributed by atoms with Crippen molar-refractivity contribution in [3.63, 3.8) is 0 Å². The smallest absolute Gasteiger partial charge is 0.360 e. The maximum atomic E-state index is 11.5. The molecule has 0 saturated heterocycles. The van der Waals surface area contributed by atoms with Crippen LogP contribution in [-0.4, -0.2) is 23.5 Å². The Morgan fingerprint density at radius 3 is 2.87 bits per heavy atom. The lowest BCUT2D eigenvalue weighted by Gasteiger charge is -2.01. The van der Waals surface area contributed by atoms with Crippen molar-refractivity contribution in [3.05, 3.63) is 17.0 Å². The molecular weight excluding hydrogens is 214 g/mol. The summed E-state index contributed by atoms with van der Waals surface area (Å²) in [6.45, 7) is 6.00. The van der Waals surface area contributed by atoms with Gasteiger partial charge in [0.25, 0.3) is 0 Å². The zero-order valence-corrected chi connectivity index (χ0v) is 10.0. The lowest BCUT2D eigenvalue weighted by atomic mass is 10.2. The summed E-state index contributed by atoms with van der Waals surface area (Å²) in [5.74, 6) is 2.02. The lowest BCUT2D eigenvalue weighted by Crippen LogP contribution is -2.07. The van der Waals surface area contributed by atoms with Crippen molar-refractivity contribution >= 4 is 17.7 Å². The number of ether oxygens (including phenoxy) is 1. The number of rotatable bonds is 5. The Balaban J connectivity index is 2.82. The van der Waals surface area contributed by atoms with E-state index in [0.29, 0.717) is 18.1 Å². The Morgan fingerprint density at radius 1 is 1.53 bits per heavy atom. The Kier molecular flexibility index (Phi) is 4.68. The standard InChI is InChI=1S/C10H15NO3S/c1-4-13-10(12)9-8(6-15-5-2)7(3)14-11-9/h4-6H2,1-3H3. The zero-order valence-electron chi connectivity index (χ0n) is 9.20. The molecule has 15 heavy (non-hydrogen) atoms. The van der Waals surface area contributed by atoms with E-state index < -0.39 is 5.97 Å². The van der Waals surface area contributed by atoms with E-state index in [1.807, 2.05) is 0 Å². The van der Waals surface area contributed by atoms with Gasteiger partial charge in [0.15, 0.2) is 5.69 Å². The predicted molar refractivity (Wildman–Crippen MR) is 59.0 cm³/mol. The van der Waals surface area contributed by atoms with Gasteiger partial charge in [-0.05, 0) is 19.6 Å². The molecule has 0 radical (unpaired) electrons. The highest BCUT2D eigenvalue weighted by molar-refractivity contribution is 7.98. The third kappa shape index (κ3) is 2.99. The number of hydrogen-bond acceptors (Lipinski definition) is 5. The van der Waals surface area contributed by atoms with Crippen LogP contribution in [0.5, 0.6) is 0 Å². The fraction of sp³-hybridized carbons (Fsp3) is 0.600. The molecule has 1 aromatic heterocycles. The van der Waals surface area contributed by atoms with Crippen LogP contribution in [0.3, 0.4) is 0 Å². The number of carbonyl (C=O) groups excluding carboxylic acids is 1. The summed E-state index contributed by atoms with van der Waals surface area (Å²) in [5.41, 5.74) is 1.16. The minimum Gasteiger partial charge on any atom is -0.461 e. The van der Waals surface area contributed by atoms with Crippen LogP contribution in [0.15, 0.2) is 4.52 Å². The van der Waals surface area contributed by atoms with Crippen LogP contribution in [0.4, 0.5) is 0 Å². The Bertz CT molecular complexity index is 335. The molecule has 0 aliphatic rings. The first-order chi connectivity index (χ1) is 7.20. The lowest BCUT2D eigenvalue weighted by molar-refractivity contribution is 0.0514.